The predicted octanol–water partition coefficient (Wildman–Crippen LogP) is 1.24. The third kappa shape index (κ3) is 4.79. The Labute approximate surface area is 114 Å². The van der Waals surface area contributed by atoms with Crippen molar-refractivity contribution in [2.24, 2.45) is 5.73 Å². The Morgan fingerprint density at radius 1 is 1.42 bits per heavy atom. The van der Waals surface area contributed by atoms with Gasteiger partial charge >= 0.3 is 0 Å². The van der Waals surface area contributed by atoms with Crippen LogP contribution in [0.25, 0.3) is 0 Å². The van der Waals surface area contributed by atoms with Crippen molar-refractivity contribution in [3.8, 4) is 11.5 Å². The average molecular weight is 266 g/mol. The van der Waals surface area contributed by atoms with E-state index in [1.807, 2.05) is 32.0 Å². The fourth-order valence-electron chi connectivity index (χ4n) is 1.63. The second-order valence-corrected chi connectivity index (χ2v) is 4.37. The van der Waals surface area contributed by atoms with Gasteiger partial charge in [0.2, 0.25) is 5.91 Å². The molecule has 1 aromatic carbocycles. The SMILES string of the molecule is CCCNC(COc1ccc(C)cc1OC)C(N)=O. The van der Waals surface area contributed by atoms with Crippen molar-refractivity contribution in [2.75, 3.05) is 20.3 Å². The zero-order chi connectivity index (χ0) is 14.3. The number of hydrogen-bond donors (Lipinski definition) is 2. The second kappa shape index (κ2) is 7.63. The van der Waals surface area contributed by atoms with Gasteiger partial charge in [-0.15, -0.1) is 0 Å². The molecule has 0 bridgehead atoms. The zero-order valence-electron chi connectivity index (χ0n) is 11.7. The summed E-state index contributed by atoms with van der Waals surface area (Å²) in [4.78, 5) is 11.3. The highest BCUT2D eigenvalue weighted by Gasteiger charge is 2.16. The molecule has 0 saturated carbocycles. The fraction of sp³-hybridized carbons (Fsp3) is 0.500. The van der Waals surface area contributed by atoms with Crippen LogP contribution in [0, 0.1) is 6.92 Å². The smallest absolute Gasteiger partial charge is 0.238 e. The van der Waals surface area contributed by atoms with E-state index in [-0.39, 0.29) is 6.61 Å². The van der Waals surface area contributed by atoms with E-state index in [2.05, 4.69) is 5.32 Å². The normalized spacial score (nSPS) is 11.9. The Bertz CT molecular complexity index is 421. The number of primary amides is 1. The first-order chi connectivity index (χ1) is 9.08. The lowest BCUT2D eigenvalue weighted by Crippen LogP contribution is -2.45. The molecule has 0 aliphatic rings. The van der Waals surface area contributed by atoms with Gasteiger partial charge in [-0.25, -0.2) is 0 Å². The number of rotatable bonds is 8. The van der Waals surface area contributed by atoms with Gasteiger partial charge in [0.05, 0.1) is 7.11 Å². The van der Waals surface area contributed by atoms with Crippen LogP contribution in [-0.2, 0) is 4.79 Å². The number of hydrogen-bond acceptors (Lipinski definition) is 4. The second-order valence-electron chi connectivity index (χ2n) is 4.37. The first kappa shape index (κ1) is 15.3. The first-order valence-corrected chi connectivity index (χ1v) is 6.38. The Morgan fingerprint density at radius 2 is 2.16 bits per heavy atom. The molecule has 0 saturated heterocycles. The molecule has 0 fully saturated rings. The summed E-state index contributed by atoms with van der Waals surface area (Å²) >= 11 is 0. The number of aryl methyl sites for hydroxylation is 1. The lowest BCUT2D eigenvalue weighted by atomic mass is 10.2. The van der Waals surface area contributed by atoms with Gasteiger partial charge in [-0.05, 0) is 37.6 Å². The number of methoxy groups -OCH3 is 1. The highest BCUT2D eigenvalue weighted by atomic mass is 16.5. The Morgan fingerprint density at radius 3 is 2.74 bits per heavy atom. The third-order valence-corrected chi connectivity index (χ3v) is 2.71. The van der Waals surface area contributed by atoms with Crippen LogP contribution in [0.5, 0.6) is 11.5 Å². The lowest BCUT2D eigenvalue weighted by Gasteiger charge is -2.17. The van der Waals surface area contributed by atoms with Crippen molar-refractivity contribution in [2.45, 2.75) is 26.3 Å². The molecule has 3 N–H and O–H groups in total. The molecule has 1 atom stereocenters. The molecule has 1 amide bonds. The molecule has 1 aromatic rings. The van der Waals surface area contributed by atoms with Crippen LogP contribution in [0.4, 0.5) is 0 Å². The van der Waals surface area contributed by atoms with Crippen molar-refractivity contribution in [3.63, 3.8) is 0 Å². The zero-order valence-corrected chi connectivity index (χ0v) is 11.7. The molecule has 0 aliphatic heterocycles. The molecule has 106 valence electrons. The Kier molecular flexibility index (Phi) is 6.15. The summed E-state index contributed by atoms with van der Waals surface area (Å²) in [6, 6.07) is 5.14. The van der Waals surface area contributed by atoms with Crippen LogP contribution < -0.4 is 20.5 Å². The van der Waals surface area contributed by atoms with Gasteiger partial charge in [-0.1, -0.05) is 13.0 Å². The summed E-state index contributed by atoms with van der Waals surface area (Å²) in [6.07, 6.45) is 0.928. The van der Waals surface area contributed by atoms with Gasteiger partial charge in [0, 0.05) is 0 Å². The van der Waals surface area contributed by atoms with Crippen LogP contribution in [0.1, 0.15) is 18.9 Å². The fourth-order valence-corrected chi connectivity index (χ4v) is 1.63. The number of nitrogens with two attached hydrogens (primary N) is 1. The maximum atomic E-state index is 11.3. The van der Waals surface area contributed by atoms with Crippen LogP contribution in [0.2, 0.25) is 0 Å². The van der Waals surface area contributed by atoms with Crippen LogP contribution in [-0.4, -0.2) is 32.2 Å². The molecule has 0 aliphatic carbocycles. The minimum Gasteiger partial charge on any atom is -0.493 e. The lowest BCUT2D eigenvalue weighted by molar-refractivity contribution is -0.120. The van der Waals surface area contributed by atoms with Crippen molar-refractivity contribution in [3.05, 3.63) is 23.8 Å². The van der Waals surface area contributed by atoms with E-state index >= 15 is 0 Å². The van der Waals surface area contributed by atoms with E-state index in [1.54, 1.807) is 7.11 Å². The minimum absolute atomic E-state index is 0.189. The maximum Gasteiger partial charge on any atom is 0.238 e. The summed E-state index contributed by atoms with van der Waals surface area (Å²) in [5, 5.41) is 3.05. The molecule has 5 nitrogen and oxygen atoms in total. The quantitative estimate of drug-likeness (QED) is 0.742. The monoisotopic (exact) mass is 266 g/mol. The van der Waals surface area contributed by atoms with Crippen LogP contribution >= 0.6 is 0 Å². The van der Waals surface area contributed by atoms with Gasteiger partial charge in [0.1, 0.15) is 12.6 Å². The molecule has 5 heteroatoms. The molecule has 1 rings (SSSR count). The summed E-state index contributed by atoms with van der Waals surface area (Å²) in [5.74, 6) is 0.843. The van der Waals surface area contributed by atoms with E-state index < -0.39 is 11.9 Å². The third-order valence-electron chi connectivity index (χ3n) is 2.71. The van der Waals surface area contributed by atoms with E-state index in [0.29, 0.717) is 11.5 Å². The number of benzene rings is 1. The van der Waals surface area contributed by atoms with Crippen LogP contribution in [0.15, 0.2) is 18.2 Å². The maximum absolute atomic E-state index is 11.3. The van der Waals surface area contributed by atoms with E-state index in [4.69, 9.17) is 15.2 Å². The largest absolute Gasteiger partial charge is 0.493 e. The molecule has 1 unspecified atom stereocenters. The van der Waals surface area contributed by atoms with Gasteiger partial charge in [-0.2, -0.15) is 0 Å². The number of carbonyl (C=O) groups is 1. The molecule has 0 aromatic heterocycles. The number of nitrogens with one attached hydrogen (secondary N) is 1. The first-order valence-electron chi connectivity index (χ1n) is 6.38. The van der Waals surface area contributed by atoms with Crippen LogP contribution in [0.3, 0.4) is 0 Å². The summed E-state index contributed by atoms with van der Waals surface area (Å²) < 4.78 is 10.9. The van der Waals surface area contributed by atoms with Crippen molar-refractivity contribution in [1.82, 2.24) is 5.32 Å². The highest BCUT2D eigenvalue weighted by Crippen LogP contribution is 2.27. The number of amides is 1. The molecule has 19 heavy (non-hydrogen) atoms. The van der Waals surface area contributed by atoms with E-state index in [9.17, 15) is 4.79 Å². The summed E-state index contributed by atoms with van der Waals surface area (Å²) in [7, 11) is 1.59. The number of carbonyl (C=O) groups excluding carboxylic acids is 1. The predicted molar refractivity (Wildman–Crippen MR) is 74.5 cm³/mol. The molecule has 0 heterocycles. The Hall–Kier alpha value is -1.75. The van der Waals surface area contributed by atoms with Gasteiger partial charge in [0.15, 0.2) is 11.5 Å². The van der Waals surface area contributed by atoms with E-state index in [1.165, 1.54) is 0 Å². The highest BCUT2D eigenvalue weighted by molar-refractivity contribution is 5.80. The van der Waals surface area contributed by atoms with Gasteiger partial charge in [0.25, 0.3) is 0 Å². The number of ether oxygens (including phenoxy) is 2. The molecule has 0 spiro atoms. The minimum atomic E-state index is -0.494. The molecular formula is C14H22N2O3. The topological polar surface area (TPSA) is 73.6 Å². The van der Waals surface area contributed by atoms with Gasteiger partial charge in [-0.3, -0.25) is 4.79 Å². The molecular weight excluding hydrogens is 244 g/mol. The molecule has 0 radical (unpaired) electrons. The Balaban J connectivity index is 2.65. The van der Waals surface area contributed by atoms with Crippen molar-refractivity contribution < 1.29 is 14.3 Å². The van der Waals surface area contributed by atoms with Gasteiger partial charge < -0.3 is 20.5 Å². The van der Waals surface area contributed by atoms with E-state index in [0.717, 1.165) is 18.5 Å². The average Bonchev–Trinajstić information content (AvgIpc) is 2.39. The summed E-state index contributed by atoms with van der Waals surface area (Å²) in [5.41, 5.74) is 6.41. The van der Waals surface area contributed by atoms with Crippen molar-refractivity contribution in [1.29, 1.82) is 0 Å². The standard InChI is InChI=1S/C14H22N2O3/c1-4-7-16-11(14(15)17)9-19-12-6-5-10(2)8-13(12)18-3/h5-6,8,11,16H,4,7,9H2,1-3H3,(H2,15,17). The van der Waals surface area contributed by atoms with Crippen molar-refractivity contribution >= 4 is 5.91 Å². The summed E-state index contributed by atoms with van der Waals surface area (Å²) in [6.45, 7) is 4.91.